The molecular weight excluding hydrogens is 306 g/mol. The van der Waals surface area contributed by atoms with Gasteiger partial charge in [-0.25, -0.2) is 0 Å². The fourth-order valence-corrected chi connectivity index (χ4v) is 2.27. The number of imide groups is 1. The lowest BCUT2D eigenvalue weighted by Gasteiger charge is -2.26. The molecule has 0 spiro atoms. The van der Waals surface area contributed by atoms with Gasteiger partial charge in [-0.2, -0.15) is 0 Å². The third-order valence-corrected chi connectivity index (χ3v) is 3.86. The molecule has 1 aromatic carbocycles. The number of hydrogen-bond donors (Lipinski definition) is 5. The van der Waals surface area contributed by atoms with Crippen molar-refractivity contribution in [1.29, 1.82) is 5.41 Å². The van der Waals surface area contributed by atoms with Gasteiger partial charge in [0, 0.05) is 18.5 Å². The number of nitrogens with two attached hydrogens (primary N) is 3. The largest absolute Gasteiger partial charge is 0.399 e. The second kappa shape index (κ2) is 9.02. The second-order valence-electron chi connectivity index (χ2n) is 5.99. The molecule has 0 saturated carbocycles. The molecule has 0 aliphatic carbocycles. The molecule has 0 radical (unpaired) electrons. The fourth-order valence-electron chi connectivity index (χ4n) is 2.27. The average Bonchev–Trinajstić information content (AvgIpc) is 2.53. The molecule has 132 valence electrons. The van der Waals surface area contributed by atoms with Gasteiger partial charge in [-0.1, -0.05) is 38.3 Å². The van der Waals surface area contributed by atoms with Gasteiger partial charge in [0.25, 0.3) is 5.91 Å². The summed E-state index contributed by atoms with van der Waals surface area (Å²) >= 11 is 0. The number of rotatable bonds is 9. The monoisotopic (exact) mass is 333 g/mol. The molecule has 7 heteroatoms. The molecule has 0 unspecified atom stereocenters. The summed E-state index contributed by atoms with van der Waals surface area (Å²) in [4.78, 5) is 24.2. The lowest BCUT2D eigenvalue weighted by molar-refractivity contribution is -0.132. The van der Waals surface area contributed by atoms with Crippen LogP contribution in [0.1, 0.15) is 44.6 Å². The summed E-state index contributed by atoms with van der Waals surface area (Å²) in [5.74, 6) is -1.65. The van der Waals surface area contributed by atoms with Crippen molar-refractivity contribution in [2.45, 2.75) is 51.0 Å². The molecule has 8 N–H and O–H groups in total. The van der Waals surface area contributed by atoms with Crippen LogP contribution in [0.2, 0.25) is 0 Å². The van der Waals surface area contributed by atoms with Gasteiger partial charge in [-0.3, -0.25) is 20.3 Å². The average molecular weight is 333 g/mol. The number of carbonyl (C=O) groups is 2. The van der Waals surface area contributed by atoms with Gasteiger partial charge in [0.1, 0.15) is 5.84 Å². The first-order chi connectivity index (χ1) is 11.3. The Bertz CT molecular complexity index is 585. The van der Waals surface area contributed by atoms with Crippen molar-refractivity contribution in [2.24, 2.45) is 11.5 Å². The first-order valence-corrected chi connectivity index (χ1v) is 8.11. The third kappa shape index (κ3) is 5.66. The zero-order valence-electron chi connectivity index (χ0n) is 14.1. The maximum Gasteiger partial charge on any atom is 0.254 e. The number of amidine groups is 1. The number of benzene rings is 1. The van der Waals surface area contributed by atoms with E-state index in [1.54, 1.807) is 24.3 Å². The summed E-state index contributed by atoms with van der Waals surface area (Å²) in [7, 11) is 0. The molecule has 1 aromatic rings. The molecule has 0 aromatic heterocycles. The van der Waals surface area contributed by atoms with Crippen LogP contribution in [0.15, 0.2) is 24.3 Å². The van der Waals surface area contributed by atoms with E-state index in [0.29, 0.717) is 17.7 Å². The van der Waals surface area contributed by atoms with Crippen LogP contribution in [0.4, 0.5) is 5.69 Å². The van der Waals surface area contributed by atoms with Crippen LogP contribution >= 0.6 is 0 Å². The maximum absolute atomic E-state index is 12.4. The van der Waals surface area contributed by atoms with Crippen LogP contribution in [-0.2, 0) is 16.0 Å². The Kier molecular flexibility index (Phi) is 7.38. The number of nitrogen functional groups attached to an aromatic ring is 1. The minimum atomic E-state index is -1.77. The Morgan fingerprint density at radius 1 is 1.17 bits per heavy atom. The predicted octanol–water partition coefficient (Wildman–Crippen LogP) is 1.06. The van der Waals surface area contributed by atoms with Crippen molar-refractivity contribution in [2.75, 3.05) is 5.73 Å². The van der Waals surface area contributed by atoms with E-state index in [4.69, 9.17) is 22.6 Å². The standard InChI is InChI=1S/C17H27N5O2/c1-2-3-4-5-6-14(23)22-16(24)17(21,15(19)20)11-12-7-9-13(18)10-8-12/h7-10H,2-6,11,18,21H2,1H3,(H3,19,20)(H,22,23,24)/t17-/m1/s1. The molecule has 2 amide bonds. The van der Waals surface area contributed by atoms with Crippen molar-refractivity contribution in [3.63, 3.8) is 0 Å². The van der Waals surface area contributed by atoms with E-state index in [1.165, 1.54) is 0 Å². The van der Waals surface area contributed by atoms with Gasteiger partial charge in [-0.15, -0.1) is 0 Å². The van der Waals surface area contributed by atoms with Crippen molar-refractivity contribution >= 4 is 23.3 Å². The fraction of sp³-hybridized carbons (Fsp3) is 0.471. The molecule has 0 aliphatic heterocycles. The number of amides is 2. The van der Waals surface area contributed by atoms with Crippen LogP contribution in [0.25, 0.3) is 0 Å². The van der Waals surface area contributed by atoms with Crippen LogP contribution < -0.4 is 22.5 Å². The summed E-state index contributed by atoms with van der Waals surface area (Å²) in [6.07, 6.45) is 4.02. The van der Waals surface area contributed by atoms with E-state index >= 15 is 0 Å². The third-order valence-electron chi connectivity index (χ3n) is 3.86. The van der Waals surface area contributed by atoms with Crippen LogP contribution in [0.3, 0.4) is 0 Å². The topological polar surface area (TPSA) is 148 Å². The van der Waals surface area contributed by atoms with Gasteiger partial charge < -0.3 is 17.2 Å². The highest BCUT2D eigenvalue weighted by molar-refractivity contribution is 6.14. The minimum absolute atomic E-state index is 0.0115. The highest BCUT2D eigenvalue weighted by atomic mass is 16.2. The van der Waals surface area contributed by atoms with Gasteiger partial charge in [-0.05, 0) is 24.1 Å². The van der Waals surface area contributed by atoms with E-state index in [1.807, 2.05) is 0 Å². The lowest BCUT2D eigenvalue weighted by atomic mass is 9.89. The van der Waals surface area contributed by atoms with Crippen LogP contribution in [0, 0.1) is 5.41 Å². The van der Waals surface area contributed by atoms with Gasteiger partial charge in [0.05, 0.1) is 0 Å². The molecule has 1 rings (SSSR count). The molecule has 24 heavy (non-hydrogen) atoms. The smallest absolute Gasteiger partial charge is 0.254 e. The highest BCUT2D eigenvalue weighted by Crippen LogP contribution is 2.14. The van der Waals surface area contributed by atoms with E-state index in [2.05, 4.69) is 12.2 Å². The van der Waals surface area contributed by atoms with E-state index in [0.717, 1.165) is 19.3 Å². The van der Waals surface area contributed by atoms with E-state index in [-0.39, 0.29) is 12.8 Å². The van der Waals surface area contributed by atoms with Crippen molar-refractivity contribution in [3.05, 3.63) is 29.8 Å². The van der Waals surface area contributed by atoms with E-state index < -0.39 is 23.2 Å². The number of unbranched alkanes of at least 4 members (excludes halogenated alkanes) is 3. The Morgan fingerprint density at radius 3 is 2.33 bits per heavy atom. The molecule has 0 aliphatic rings. The Morgan fingerprint density at radius 2 is 1.79 bits per heavy atom. The van der Waals surface area contributed by atoms with Crippen LogP contribution in [-0.4, -0.2) is 23.2 Å². The molecule has 1 atom stereocenters. The Balaban J connectivity index is 2.71. The summed E-state index contributed by atoms with van der Waals surface area (Å²) in [5.41, 5.74) is 16.7. The zero-order chi connectivity index (χ0) is 18.2. The molecule has 0 saturated heterocycles. The highest BCUT2D eigenvalue weighted by Gasteiger charge is 2.38. The number of hydrogen-bond acceptors (Lipinski definition) is 5. The molecule has 0 bridgehead atoms. The Labute approximate surface area is 142 Å². The second-order valence-corrected chi connectivity index (χ2v) is 5.99. The molecule has 0 fully saturated rings. The van der Waals surface area contributed by atoms with Crippen molar-refractivity contribution in [1.82, 2.24) is 5.32 Å². The van der Waals surface area contributed by atoms with Gasteiger partial charge in [0.15, 0.2) is 5.54 Å². The van der Waals surface area contributed by atoms with Crippen molar-refractivity contribution in [3.8, 4) is 0 Å². The number of nitrogens with one attached hydrogen (secondary N) is 2. The minimum Gasteiger partial charge on any atom is -0.399 e. The van der Waals surface area contributed by atoms with E-state index in [9.17, 15) is 9.59 Å². The summed E-state index contributed by atoms with van der Waals surface area (Å²) in [6, 6.07) is 6.76. The van der Waals surface area contributed by atoms with Gasteiger partial charge >= 0.3 is 0 Å². The zero-order valence-corrected chi connectivity index (χ0v) is 14.1. The first kappa shape index (κ1) is 19.6. The summed E-state index contributed by atoms with van der Waals surface area (Å²) in [6.45, 7) is 2.08. The summed E-state index contributed by atoms with van der Waals surface area (Å²) in [5, 5.41) is 9.93. The molecule has 0 heterocycles. The van der Waals surface area contributed by atoms with Crippen LogP contribution in [0.5, 0.6) is 0 Å². The quantitative estimate of drug-likeness (QED) is 0.198. The molecular formula is C17H27N5O2. The SMILES string of the molecule is CCCCCCC(=O)NC(=O)[C@@](N)(Cc1ccc(N)cc1)C(=N)N. The molecule has 7 nitrogen and oxygen atoms in total. The number of carbonyl (C=O) groups excluding carboxylic acids is 2. The number of anilines is 1. The lowest BCUT2D eigenvalue weighted by Crippen LogP contribution is -2.64. The normalized spacial score (nSPS) is 13.1. The maximum atomic E-state index is 12.4. The van der Waals surface area contributed by atoms with Gasteiger partial charge in [0.2, 0.25) is 5.91 Å². The predicted molar refractivity (Wildman–Crippen MR) is 95.3 cm³/mol. The summed E-state index contributed by atoms with van der Waals surface area (Å²) < 4.78 is 0. The first-order valence-electron chi connectivity index (χ1n) is 8.11. The van der Waals surface area contributed by atoms with Crippen molar-refractivity contribution < 1.29 is 9.59 Å². The Hall–Kier alpha value is -2.41.